The summed E-state index contributed by atoms with van der Waals surface area (Å²) < 4.78 is 0. The fourth-order valence-electron chi connectivity index (χ4n) is 1.11. The molecule has 86 valence electrons. The Morgan fingerprint density at radius 3 is 2.47 bits per heavy atom. The van der Waals surface area contributed by atoms with E-state index >= 15 is 0 Å². The molecule has 0 saturated carbocycles. The maximum absolute atomic E-state index is 10.9. The van der Waals surface area contributed by atoms with Crippen molar-refractivity contribution in [2.24, 2.45) is 0 Å². The van der Waals surface area contributed by atoms with Gasteiger partial charge in [0, 0.05) is 6.07 Å². The van der Waals surface area contributed by atoms with Crippen molar-refractivity contribution >= 4 is 13.8 Å². The van der Waals surface area contributed by atoms with E-state index in [9.17, 15) is 10.1 Å². The summed E-state index contributed by atoms with van der Waals surface area (Å²) in [6.07, 6.45) is 0. The van der Waals surface area contributed by atoms with Crippen molar-refractivity contribution in [2.75, 3.05) is 0 Å². The Morgan fingerprint density at radius 1 is 1.35 bits per heavy atom. The first kappa shape index (κ1) is 13.0. The Labute approximate surface area is 101 Å². The highest BCUT2D eigenvalue weighted by molar-refractivity contribution is 6.83. The molecule has 0 radical (unpaired) electrons. The molecule has 0 aromatic heterocycles. The predicted octanol–water partition coefficient (Wildman–Crippen LogP) is 2.70. The second-order valence-corrected chi connectivity index (χ2v) is 9.35. The Bertz CT molecular complexity index is 557. The van der Waals surface area contributed by atoms with Crippen LogP contribution in [0.3, 0.4) is 0 Å². The summed E-state index contributed by atoms with van der Waals surface area (Å²) in [7, 11) is -1.57. The van der Waals surface area contributed by atoms with Gasteiger partial charge in [-0.1, -0.05) is 25.6 Å². The third kappa shape index (κ3) is 3.75. The molecule has 0 unspecified atom stereocenters. The van der Waals surface area contributed by atoms with E-state index in [1.165, 1.54) is 12.1 Å². The molecular formula is C12H12N2O2Si. The van der Waals surface area contributed by atoms with Crippen molar-refractivity contribution in [3.8, 4) is 17.5 Å². The lowest BCUT2D eigenvalue weighted by molar-refractivity contribution is -0.385. The van der Waals surface area contributed by atoms with Gasteiger partial charge in [-0.2, -0.15) is 5.26 Å². The monoisotopic (exact) mass is 244 g/mol. The highest BCUT2D eigenvalue weighted by Gasteiger charge is 2.14. The lowest BCUT2D eigenvalue weighted by Gasteiger charge is -2.03. The molecular weight excluding hydrogens is 232 g/mol. The minimum absolute atomic E-state index is 0.102. The van der Waals surface area contributed by atoms with Gasteiger partial charge in [0.1, 0.15) is 13.6 Å². The summed E-state index contributed by atoms with van der Waals surface area (Å²) in [6, 6.07) is 6.21. The van der Waals surface area contributed by atoms with E-state index in [-0.39, 0.29) is 11.3 Å². The van der Waals surface area contributed by atoms with Crippen LogP contribution in [-0.4, -0.2) is 13.0 Å². The van der Waals surface area contributed by atoms with Crippen molar-refractivity contribution in [3.63, 3.8) is 0 Å². The molecule has 0 amide bonds. The molecule has 4 nitrogen and oxygen atoms in total. The van der Waals surface area contributed by atoms with Crippen LogP contribution in [0.15, 0.2) is 18.2 Å². The number of nitrogens with zero attached hydrogens (tertiary/aromatic N) is 2. The number of nitro benzene ring substituents is 1. The van der Waals surface area contributed by atoms with Crippen molar-refractivity contribution in [1.82, 2.24) is 0 Å². The van der Waals surface area contributed by atoms with E-state index in [1.54, 1.807) is 6.07 Å². The summed E-state index contributed by atoms with van der Waals surface area (Å²) in [5.41, 5.74) is 3.62. The molecule has 0 N–H and O–H groups in total. The fraction of sp³-hybridized carbons (Fsp3) is 0.250. The third-order valence-electron chi connectivity index (χ3n) is 1.90. The predicted molar refractivity (Wildman–Crippen MR) is 68.0 cm³/mol. The van der Waals surface area contributed by atoms with E-state index in [2.05, 4.69) is 31.1 Å². The van der Waals surface area contributed by atoms with Gasteiger partial charge in [0.2, 0.25) is 0 Å². The van der Waals surface area contributed by atoms with Gasteiger partial charge in [-0.05, 0) is 12.1 Å². The first-order valence-electron chi connectivity index (χ1n) is 5.05. The SMILES string of the molecule is C[Si](C)(C)C#Cc1ccc(C#N)cc1[N+](=O)[O-]. The lowest BCUT2D eigenvalue weighted by atomic mass is 10.1. The minimum Gasteiger partial charge on any atom is -0.258 e. The van der Waals surface area contributed by atoms with E-state index in [4.69, 9.17) is 5.26 Å². The van der Waals surface area contributed by atoms with Crippen LogP contribution in [0.2, 0.25) is 19.6 Å². The van der Waals surface area contributed by atoms with Crippen LogP contribution in [0.4, 0.5) is 5.69 Å². The molecule has 0 spiro atoms. The van der Waals surface area contributed by atoms with Gasteiger partial charge >= 0.3 is 0 Å². The van der Waals surface area contributed by atoms with Crippen LogP contribution >= 0.6 is 0 Å². The van der Waals surface area contributed by atoms with Crippen molar-refractivity contribution in [1.29, 1.82) is 5.26 Å². The quantitative estimate of drug-likeness (QED) is 0.330. The number of nitro groups is 1. The highest BCUT2D eigenvalue weighted by atomic mass is 28.3. The number of benzene rings is 1. The Hall–Kier alpha value is -2.11. The van der Waals surface area contributed by atoms with Crippen LogP contribution in [0.1, 0.15) is 11.1 Å². The number of nitriles is 1. The molecule has 0 aliphatic carbocycles. The molecule has 0 bridgehead atoms. The van der Waals surface area contributed by atoms with Gasteiger partial charge in [0.15, 0.2) is 0 Å². The second kappa shape index (κ2) is 4.81. The summed E-state index contributed by atoms with van der Waals surface area (Å²) >= 11 is 0. The zero-order valence-electron chi connectivity index (χ0n) is 9.94. The topological polar surface area (TPSA) is 66.9 Å². The Kier molecular flexibility index (Phi) is 3.67. The van der Waals surface area contributed by atoms with Crippen molar-refractivity contribution in [3.05, 3.63) is 39.4 Å². The van der Waals surface area contributed by atoms with Crippen LogP contribution in [-0.2, 0) is 0 Å². The molecule has 1 aromatic carbocycles. The minimum atomic E-state index is -1.57. The van der Waals surface area contributed by atoms with Crippen LogP contribution in [0, 0.1) is 32.9 Å². The smallest absolute Gasteiger partial charge is 0.258 e. The van der Waals surface area contributed by atoms with Gasteiger partial charge in [-0.3, -0.25) is 10.1 Å². The summed E-state index contributed by atoms with van der Waals surface area (Å²) in [5, 5.41) is 19.5. The molecule has 0 heterocycles. The van der Waals surface area contributed by atoms with E-state index in [1.807, 2.05) is 6.07 Å². The zero-order valence-corrected chi connectivity index (χ0v) is 10.9. The average Bonchev–Trinajstić information content (AvgIpc) is 2.25. The summed E-state index contributed by atoms with van der Waals surface area (Å²) in [6.45, 7) is 6.19. The van der Waals surface area contributed by atoms with Gasteiger partial charge in [-0.15, -0.1) is 5.54 Å². The van der Waals surface area contributed by atoms with Gasteiger partial charge in [-0.25, -0.2) is 0 Å². The van der Waals surface area contributed by atoms with E-state index < -0.39 is 13.0 Å². The first-order chi connectivity index (χ1) is 7.83. The first-order valence-corrected chi connectivity index (χ1v) is 8.55. The molecule has 1 rings (SSSR count). The number of hydrogen-bond acceptors (Lipinski definition) is 3. The average molecular weight is 244 g/mol. The standard InChI is InChI=1S/C12H12N2O2Si/c1-17(2,3)7-6-11-5-4-10(9-13)8-12(11)14(15)16/h4-5,8H,1-3H3. The second-order valence-electron chi connectivity index (χ2n) is 4.60. The van der Waals surface area contributed by atoms with Crippen molar-refractivity contribution < 1.29 is 4.92 Å². The molecule has 0 aliphatic heterocycles. The molecule has 0 aliphatic rings. The molecule has 0 saturated heterocycles. The van der Waals surface area contributed by atoms with Crippen molar-refractivity contribution in [2.45, 2.75) is 19.6 Å². The van der Waals surface area contributed by atoms with Crippen LogP contribution in [0.5, 0.6) is 0 Å². The highest BCUT2D eigenvalue weighted by Crippen LogP contribution is 2.19. The zero-order chi connectivity index (χ0) is 13.1. The van der Waals surface area contributed by atoms with Crippen LogP contribution < -0.4 is 0 Å². The molecule has 1 aromatic rings. The van der Waals surface area contributed by atoms with Gasteiger partial charge < -0.3 is 0 Å². The summed E-state index contributed by atoms with van der Waals surface area (Å²) in [4.78, 5) is 10.3. The third-order valence-corrected chi connectivity index (χ3v) is 2.77. The van der Waals surface area contributed by atoms with E-state index in [0.717, 1.165) is 0 Å². The van der Waals surface area contributed by atoms with E-state index in [0.29, 0.717) is 5.56 Å². The van der Waals surface area contributed by atoms with Gasteiger partial charge in [0.25, 0.3) is 5.69 Å². The Balaban J connectivity index is 3.29. The lowest BCUT2D eigenvalue weighted by Crippen LogP contribution is -2.16. The largest absolute Gasteiger partial charge is 0.286 e. The normalized spacial score (nSPS) is 10.0. The summed E-state index contributed by atoms with van der Waals surface area (Å²) in [5.74, 6) is 2.85. The number of hydrogen-bond donors (Lipinski definition) is 0. The maximum atomic E-state index is 10.9. The fourth-order valence-corrected chi connectivity index (χ4v) is 1.62. The van der Waals surface area contributed by atoms with Crippen LogP contribution in [0.25, 0.3) is 0 Å². The maximum Gasteiger partial charge on any atom is 0.286 e. The molecule has 0 fully saturated rings. The van der Waals surface area contributed by atoms with Gasteiger partial charge in [0.05, 0.1) is 16.6 Å². The number of rotatable bonds is 1. The molecule has 17 heavy (non-hydrogen) atoms. The molecule has 0 atom stereocenters. The Morgan fingerprint density at radius 2 is 2.00 bits per heavy atom. The molecule has 5 heteroatoms.